The summed E-state index contributed by atoms with van der Waals surface area (Å²) in [5.41, 5.74) is 0.887. The molecule has 2 aliphatic rings. The third kappa shape index (κ3) is 2.42. The summed E-state index contributed by atoms with van der Waals surface area (Å²) in [7, 11) is 0. The van der Waals surface area contributed by atoms with Crippen LogP contribution >= 0.6 is 11.6 Å². The molecule has 1 saturated carbocycles. The summed E-state index contributed by atoms with van der Waals surface area (Å²) >= 11 is 6.18. The van der Waals surface area contributed by atoms with Crippen molar-refractivity contribution in [1.82, 2.24) is 5.32 Å². The zero-order valence-electron chi connectivity index (χ0n) is 12.3. The van der Waals surface area contributed by atoms with Gasteiger partial charge in [-0.25, -0.2) is 0 Å². The first-order chi connectivity index (χ1) is 9.93. The van der Waals surface area contributed by atoms with Gasteiger partial charge in [-0.3, -0.25) is 9.59 Å². The average molecular weight is 307 g/mol. The third-order valence-corrected chi connectivity index (χ3v) is 4.98. The van der Waals surface area contributed by atoms with E-state index >= 15 is 0 Å². The van der Waals surface area contributed by atoms with Gasteiger partial charge in [-0.05, 0) is 50.3 Å². The van der Waals surface area contributed by atoms with Crippen molar-refractivity contribution in [3.63, 3.8) is 0 Å². The number of carbonyl (C=O) groups excluding carboxylic acids is 2. The second-order valence-corrected chi connectivity index (χ2v) is 6.52. The number of nitrogens with one attached hydrogen (secondary N) is 1. The highest BCUT2D eigenvalue weighted by molar-refractivity contribution is 6.31. The molecule has 21 heavy (non-hydrogen) atoms. The Morgan fingerprint density at radius 2 is 2.05 bits per heavy atom. The Kier molecular flexibility index (Phi) is 3.44. The lowest BCUT2D eigenvalue weighted by Gasteiger charge is -2.33. The van der Waals surface area contributed by atoms with Crippen LogP contribution in [-0.4, -0.2) is 23.9 Å². The minimum atomic E-state index is -0.789. The van der Waals surface area contributed by atoms with E-state index < -0.39 is 5.54 Å². The number of carbonyl (C=O) groups is 2. The van der Waals surface area contributed by atoms with Crippen LogP contribution in [0.1, 0.15) is 31.7 Å². The van der Waals surface area contributed by atoms with Gasteiger partial charge in [0, 0.05) is 23.7 Å². The summed E-state index contributed by atoms with van der Waals surface area (Å²) in [5.74, 6) is 0.162. The number of halogens is 1. The summed E-state index contributed by atoms with van der Waals surface area (Å²) in [6.45, 7) is 4.15. The average Bonchev–Trinajstić information content (AvgIpc) is 3.27. The highest BCUT2D eigenvalue weighted by Gasteiger charge is 2.51. The van der Waals surface area contributed by atoms with Crippen molar-refractivity contribution in [2.45, 2.75) is 38.6 Å². The maximum atomic E-state index is 13.0. The lowest BCUT2D eigenvalue weighted by molar-refractivity contribution is -0.130. The summed E-state index contributed by atoms with van der Waals surface area (Å²) in [5, 5.41) is 3.57. The molecule has 0 spiro atoms. The summed E-state index contributed by atoms with van der Waals surface area (Å²) in [4.78, 5) is 26.7. The first kappa shape index (κ1) is 14.4. The number of hydrogen-bond acceptors (Lipinski definition) is 2. The molecule has 1 heterocycles. The number of anilines is 1. The van der Waals surface area contributed by atoms with Crippen molar-refractivity contribution >= 4 is 29.1 Å². The molecule has 2 fully saturated rings. The van der Waals surface area contributed by atoms with Gasteiger partial charge in [-0.1, -0.05) is 17.7 Å². The van der Waals surface area contributed by atoms with Gasteiger partial charge < -0.3 is 10.2 Å². The Bertz CT molecular complexity index is 612. The van der Waals surface area contributed by atoms with E-state index in [1.807, 2.05) is 32.0 Å². The van der Waals surface area contributed by atoms with E-state index in [1.165, 1.54) is 0 Å². The molecular formula is C16H19ClN2O2. The number of amides is 2. The Morgan fingerprint density at radius 1 is 1.33 bits per heavy atom. The maximum absolute atomic E-state index is 13.0. The van der Waals surface area contributed by atoms with Gasteiger partial charge in [-0.2, -0.15) is 0 Å². The molecular weight excluding hydrogens is 288 g/mol. The van der Waals surface area contributed by atoms with Crippen LogP contribution < -0.4 is 10.2 Å². The van der Waals surface area contributed by atoms with E-state index in [9.17, 15) is 9.59 Å². The second kappa shape index (κ2) is 5.02. The molecule has 4 nitrogen and oxygen atoms in total. The van der Waals surface area contributed by atoms with E-state index in [2.05, 4.69) is 5.32 Å². The molecule has 0 aromatic heterocycles. The first-order valence-electron chi connectivity index (χ1n) is 7.31. The fourth-order valence-electron chi connectivity index (χ4n) is 3.06. The van der Waals surface area contributed by atoms with Crippen molar-refractivity contribution in [2.75, 3.05) is 11.4 Å². The SMILES string of the molecule is Cc1c(Cl)cccc1N1CCC(=O)NC(C)(C2CC2)C1=O. The molecule has 0 bridgehead atoms. The smallest absolute Gasteiger partial charge is 0.252 e. The Morgan fingerprint density at radius 3 is 2.71 bits per heavy atom. The predicted octanol–water partition coefficient (Wildman–Crippen LogP) is 2.67. The van der Waals surface area contributed by atoms with E-state index in [-0.39, 0.29) is 17.7 Å². The van der Waals surface area contributed by atoms with Crippen LogP contribution in [0.2, 0.25) is 5.02 Å². The fourth-order valence-corrected chi connectivity index (χ4v) is 3.23. The van der Waals surface area contributed by atoms with E-state index in [0.717, 1.165) is 24.1 Å². The number of hydrogen-bond donors (Lipinski definition) is 1. The van der Waals surface area contributed by atoms with Crippen LogP contribution in [0.4, 0.5) is 5.69 Å². The van der Waals surface area contributed by atoms with Gasteiger partial charge in [0.15, 0.2) is 0 Å². The molecule has 3 rings (SSSR count). The lowest BCUT2D eigenvalue weighted by Crippen LogP contribution is -2.57. The first-order valence-corrected chi connectivity index (χ1v) is 7.69. The van der Waals surface area contributed by atoms with Crippen molar-refractivity contribution in [1.29, 1.82) is 0 Å². The molecule has 1 aromatic rings. The van der Waals surface area contributed by atoms with Gasteiger partial charge in [0.05, 0.1) is 0 Å². The normalized spacial score (nSPS) is 26.5. The lowest BCUT2D eigenvalue weighted by atomic mass is 9.93. The van der Waals surface area contributed by atoms with Crippen molar-refractivity contribution in [2.24, 2.45) is 5.92 Å². The highest BCUT2D eigenvalue weighted by Crippen LogP contribution is 2.42. The second-order valence-electron chi connectivity index (χ2n) is 6.12. The standard InChI is InChI=1S/C16H19ClN2O2/c1-10-12(17)4-3-5-13(10)19-9-8-14(20)18-16(2,15(19)21)11-6-7-11/h3-5,11H,6-9H2,1-2H3,(H,18,20). The third-order valence-electron chi connectivity index (χ3n) is 4.57. The van der Waals surface area contributed by atoms with Crippen LogP contribution in [0.25, 0.3) is 0 Å². The highest BCUT2D eigenvalue weighted by atomic mass is 35.5. The van der Waals surface area contributed by atoms with Crippen LogP contribution in [0.5, 0.6) is 0 Å². The fraction of sp³-hybridized carbons (Fsp3) is 0.500. The molecule has 0 radical (unpaired) electrons. The molecule has 5 heteroatoms. The van der Waals surface area contributed by atoms with Gasteiger partial charge in [-0.15, -0.1) is 0 Å². The minimum absolute atomic E-state index is 0.0267. The van der Waals surface area contributed by atoms with Crippen molar-refractivity contribution in [3.05, 3.63) is 28.8 Å². The molecule has 112 valence electrons. The molecule has 1 saturated heterocycles. The van der Waals surface area contributed by atoms with Gasteiger partial charge in [0.2, 0.25) is 5.91 Å². The van der Waals surface area contributed by atoms with Crippen LogP contribution in [0.15, 0.2) is 18.2 Å². The molecule has 1 aliphatic heterocycles. The monoisotopic (exact) mass is 306 g/mol. The Labute approximate surface area is 129 Å². The van der Waals surface area contributed by atoms with Crippen molar-refractivity contribution in [3.8, 4) is 0 Å². The predicted molar refractivity (Wildman–Crippen MR) is 82.4 cm³/mol. The van der Waals surface area contributed by atoms with E-state index in [0.29, 0.717) is 18.0 Å². The molecule has 1 aliphatic carbocycles. The van der Waals surface area contributed by atoms with Crippen LogP contribution in [0, 0.1) is 12.8 Å². The molecule has 1 aromatic carbocycles. The summed E-state index contributed by atoms with van der Waals surface area (Å²) in [6.07, 6.45) is 2.30. The molecule has 2 amide bonds. The van der Waals surface area contributed by atoms with Gasteiger partial charge >= 0.3 is 0 Å². The van der Waals surface area contributed by atoms with Crippen LogP contribution in [-0.2, 0) is 9.59 Å². The Hall–Kier alpha value is -1.55. The molecule has 1 N–H and O–H groups in total. The number of benzene rings is 1. The largest absolute Gasteiger partial charge is 0.342 e. The number of rotatable bonds is 2. The Balaban J connectivity index is 2.03. The minimum Gasteiger partial charge on any atom is -0.342 e. The van der Waals surface area contributed by atoms with Crippen molar-refractivity contribution < 1.29 is 9.59 Å². The quantitative estimate of drug-likeness (QED) is 0.913. The van der Waals surface area contributed by atoms with Gasteiger partial charge in [0.1, 0.15) is 5.54 Å². The topological polar surface area (TPSA) is 49.4 Å². The van der Waals surface area contributed by atoms with Crippen LogP contribution in [0.3, 0.4) is 0 Å². The summed E-state index contributed by atoms with van der Waals surface area (Å²) in [6, 6.07) is 5.54. The summed E-state index contributed by atoms with van der Waals surface area (Å²) < 4.78 is 0. The zero-order valence-corrected chi connectivity index (χ0v) is 13.0. The maximum Gasteiger partial charge on any atom is 0.252 e. The van der Waals surface area contributed by atoms with E-state index in [1.54, 1.807) is 4.90 Å². The van der Waals surface area contributed by atoms with Gasteiger partial charge in [0.25, 0.3) is 5.91 Å². The molecule has 1 atom stereocenters. The zero-order chi connectivity index (χ0) is 15.2. The number of nitrogens with zero attached hydrogens (tertiary/aromatic N) is 1. The molecule has 1 unspecified atom stereocenters. The van der Waals surface area contributed by atoms with E-state index in [4.69, 9.17) is 11.6 Å².